The van der Waals surface area contributed by atoms with Crippen LogP contribution in [0.4, 0.5) is 0 Å². The average Bonchev–Trinajstić information content (AvgIpc) is 3.32. The number of hydrogen-bond donors (Lipinski definition) is 2. The first kappa shape index (κ1) is 67.4. The lowest BCUT2D eigenvalue weighted by atomic mass is 10.0. The highest BCUT2D eigenvalue weighted by Gasteiger charge is 2.23. The van der Waals surface area contributed by atoms with Gasteiger partial charge in [-0.15, -0.1) is 0 Å². The number of nitrogens with zero attached hydrogens (tertiary/aromatic N) is 1. The maximum absolute atomic E-state index is 12.9. The average molecular weight is 998 g/mol. The third-order valence-corrected chi connectivity index (χ3v) is 13.3. The SMILES string of the molecule is CC/C=C\C/C=C\C/C=C\C/C=C\C/C=C\C/C=C\C/C=C\CCCCCCCCCCCCCCCC(=O)NC(COP(=O)([O-])OCC[N+](C)(C)C)C(O)/C=C/CCCCCCCCCCCCC. The molecule has 0 aromatic carbocycles. The Morgan fingerprint density at radius 2 is 0.871 bits per heavy atom. The molecule has 2 N–H and O–H groups in total. The van der Waals surface area contributed by atoms with Crippen LogP contribution in [0.1, 0.15) is 232 Å². The van der Waals surface area contributed by atoms with Gasteiger partial charge in [-0.25, -0.2) is 0 Å². The maximum atomic E-state index is 12.9. The van der Waals surface area contributed by atoms with E-state index in [9.17, 15) is 19.4 Å². The van der Waals surface area contributed by atoms with E-state index >= 15 is 0 Å². The molecule has 0 aromatic rings. The molecule has 0 bridgehead atoms. The molecule has 0 rings (SSSR count). The standard InChI is InChI=1S/C61H109N2O6P/c1-6-8-10-12-14-16-18-20-21-22-23-24-25-26-27-28-29-30-31-32-33-34-35-36-37-38-39-40-41-43-45-47-49-51-53-55-61(65)62-59(58-69-70(66,67)68-57-56-63(3,4)5)60(64)54-52-50-48-46-44-42-19-17-15-13-11-9-7-2/h8,10,14,16,20-21,23-24,26-27,29-30,32-33,52,54,59-60,64H,6-7,9,11-13,15,17-19,22,25,28,31,34-51,53,55-58H2,1-5H3,(H-,62,65,66,67)/b10-8-,16-14-,21-20-,24-23-,27-26-,30-29-,33-32-,54-52+. The zero-order valence-corrected chi connectivity index (χ0v) is 46.8. The van der Waals surface area contributed by atoms with Crippen molar-refractivity contribution in [2.75, 3.05) is 40.9 Å². The number of rotatable bonds is 51. The number of nitrogens with one attached hydrogen (secondary N) is 1. The van der Waals surface area contributed by atoms with Gasteiger partial charge in [-0.3, -0.25) is 9.36 Å². The smallest absolute Gasteiger partial charge is 0.268 e. The van der Waals surface area contributed by atoms with Crippen LogP contribution in [0.5, 0.6) is 0 Å². The first-order chi connectivity index (χ1) is 34.0. The Balaban J connectivity index is 4.08. The first-order valence-electron chi connectivity index (χ1n) is 28.6. The predicted octanol–water partition coefficient (Wildman–Crippen LogP) is 16.8. The minimum absolute atomic E-state index is 0.00446. The Morgan fingerprint density at radius 1 is 0.514 bits per heavy atom. The van der Waals surface area contributed by atoms with Crippen molar-refractivity contribution in [3.05, 3.63) is 97.2 Å². The number of phosphoric ester groups is 1. The fourth-order valence-corrected chi connectivity index (χ4v) is 8.56. The number of carbonyl (C=O) groups is 1. The van der Waals surface area contributed by atoms with E-state index in [1.807, 2.05) is 27.2 Å². The summed E-state index contributed by atoms with van der Waals surface area (Å²) in [5.41, 5.74) is 0. The minimum Gasteiger partial charge on any atom is -0.756 e. The van der Waals surface area contributed by atoms with Crippen LogP contribution in [-0.2, 0) is 18.4 Å². The number of hydrogen-bond acceptors (Lipinski definition) is 6. The molecule has 0 aliphatic carbocycles. The van der Waals surface area contributed by atoms with Gasteiger partial charge in [0.25, 0.3) is 7.82 Å². The van der Waals surface area contributed by atoms with Gasteiger partial charge in [0, 0.05) is 6.42 Å². The van der Waals surface area contributed by atoms with Gasteiger partial charge in [0.1, 0.15) is 13.2 Å². The molecular formula is C61H109N2O6P. The summed E-state index contributed by atoms with van der Waals surface area (Å²) in [6, 6.07) is -0.891. The van der Waals surface area contributed by atoms with Crippen molar-refractivity contribution in [1.82, 2.24) is 5.32 Å². The van der Waals surface area contributed by atoms with Crippen molar-refractivity contribution >= 4 is 13.7 Å². The molecular weight excluding hydrogens is 888 g/mol. The summed E-state index contributed by atoms with van der Waals surface area (Å²) in [6.45, 7) is 4.52. The molecule has 1 amide bonds. The van der Waals surface area contributed by atoms with E-state index in [0.717, 1.165) is 83.5 Å². The molecule has 8 nitrogen and oxygen atoms in total. The zero-order chi connectivity index (χ0) is 51.3. The highest BCUT2D eigenvalue weighted by molar-refractivity contribution is 7.45. The molecule has 0 aliphatic heterocycles. The Bertz CT molecular complexity index is 1460. The second-order valence-corrected chi connectivity index (χ2v) is 21.7. The molecule has 70 heavy (non-hydrogen) atoms. The Labute approximate surface area is 432 Å². The van der Waals surface area contributed by atoms with Crippen molar-refractivity contribution in [3.8, 4) is 0 Å². The maximum Gasteiger partial charge on any atom is 0.268 e. The predicted molar refractivity (Wildman–Crippen MR) is 302 cm³/mol. The highest BCUT2D eigenvalue weighted by atomic mass is 31.2. The normalized spacial score (nSPS) is 14.7. The van der Waals surface area contributed by atoms with E-state index in [1.54, 1.807) is 6.08 Å². The van der Waals surface area contributed by atoms with Gasteiger partial charge in [0.15, 0.2) is 0 Å². The monoisotopic (exact) mass is 997 g/mol. The number of unbranched alkanes of at least 4 members (excludes halogenated alkanes) is 24. The van der Waals surface area contributed by atoms with Gasteiger partial charge in [-0.05, 0) is 77.0 Å². The Hall–Kier alpha value is -2.58. The highest BCUT2D eigenvalue weighted by Crippen LogP contribution is 2.38. The molecule has 3 atom stereocenters. The van der Waals surface area contributed by atoms with E-state index in [4.69, 9.17) is 9.05 Å². The lowest BCUT2D eigenvalue weighted by Gasteiger charge is -2.29. The molecule has 3 unspecified atom stereocenters. The lowest BCUT2D eigenvalue weighted by Crippen LogP contribution is -2.45. The molecule has 0 aliphatic rings. The number of aliphatic hydroxyl groups excluding tert-OH is 1. The number of aliphatic hydroxyl groups is 1. The topological polar surface area (TPSA) is 108 Å². The molecule has 9 heteroatoms. The van der Waals surface area contributed by atoms with Crippen LogP contribution in [0.15, 0.2) is 97.2 Å². The van der Waals surface area contributed by atoms with E-state index in [-0.39, 0.29) is 19.1 Å². The molecule has 404 valence electrons. The summed E-state index contributed by atoms with van der Waals surface area (Å²) >= 11 is 0. The summed E-state index contributed by atoms with van der Waals surface area (Å²) in [5, 5.41) is 13.8. The van der Waals surface area contributed by atoms with Crippen molar-refractivity contribution in [3.63, 3.8) is 0 Å². The fraction of sp³-hybridized carbons (Fsp3) is 0.721. The molecule has 0 saturated carbocycles. The van der Waals surface area contributed by atoms with Gasteiger partial charge in [-0.2, -0.15) is 0 Å². The summed E-state index contributed by atoms with van der Waals surface area (Å²) in [5.74, 6) is -0.202. The van der Waals surface area contributed by atoms with Crippen LogP contribution in [0, 0.1) is 0 Å². The van der Waals surface area contributed by atoms with Crippen LogP contribution in [0.2, 0.25) is 0 Å². The summed E-state index contributed by atoms with van der Waals surface area (Å²) < 4.78 is 23.3. The Kier molecular flexibility index (Phi) is 49.4. The third kappa shape index (κ3) is 53.2. The first-order valence-corrected chi connectivity index (χ1v) is 30.1. The van der Waals surface area contributed by atoms with Gasteiger partial charge in [0.05, 0.1) is 39.9 Å². The molecule has 0 radical (unpaired) electrons. The molecule has 0 fully saturated rings. The number of likely N-dealkylation sites (N-methyl/N-ethyl adjacent to an activating group) is 1. The Morgan fingerprint density at radius 3 is 1.27 bits per heavy atom. The van der Waals surface area contributed by atoms with Crippen LogP contribution in [0.25, 0.3) is 0 Å². The van der Waals surface area contributed by atoms with Gasteiger partial charge in [0.2, 0.25) is 5.91 Å². The van der Waals surface area contributed by atoms with Crippen LogP contribution >= 0.6 is 7.82 Å². The van der Waals surface area contributed by atoms with Crippen LogP contribution < -0.4 is 10.2 Å². The lowest BCUT2D eigenvalue weighted by molar-refractivity contribution is -0.870. The number of carbonyl (C=O) groups excluding carboxylic acids is 1. The van der Waals surface area contributed by atoms with Crippen molar-refractivity contribution in [1.29, 1.82) is 0 Å². The summed E-state index contributed by atoms with van der Waals surface area (Å²) in [7, 11) is 1.25. The number of amides is 1. The van der Waals surface area contributed by atoms with Gasteiger partial charge >= 0.3 is 0 Å². The molecule has 0 heterocycles. The van der Waals surface area contributed by atoms with E-state index in [0.29, 0.717) is 17.4 Å². The van der Waals surface area contributed by atoms with Crippen molar-refractivity contribution in [2.24, 2.45) is 0 Å². The van der Waals surface area contributed by atoms with Crippen LogP contribution in [-0.4, -0.2) is 68.5 Å². The fourth-order valence-electron chi connectivity index (χ4n) is 7.84. The summed E-state index contributed by atoms with van der Waals surface area (Å²) in [6.07, 6.45) is 73.4. The summed E-state index contributed by atoms with van der Waals surface area (Å²) in [4.78, 5) is 25.4. The second-order valence-electron chi connectivity index (χ2n) is 20.3. The third-order valence-electron chi connectivity index (χ3n) is 12.3. The quantitative estimate of drug-likeness (QED) is 0.0272. The molecule has 0 saturated heterocycles. The van der Waals surface area contributed by atoms with Crippen LogP contribution in [0.3, 0.4) is 0 Å². The van der Waals surface area contributed by atoms with Gasteiger partial charge in [-0.1, -0.05) is 246 Å². The number of phosphoric acid groups is 1. The zero-order valence-electron chi connectivity index (χ0n) is 45.9. The van der Waals surface area contributed by atoms with Crippen molar-refractivity contribution < 1.29 is 32.9 Å². The van der Waals surface area contributed by atoms with E-state index < -0.39 is 20.0 Å². The number of allylic oxidation sites excluding steroid dienone is 15. The molecule has 0 aromatic heterocycles. The van der Waals surface area contributed by atoms with Crippen molar-refractivity contribution in [2.45, 2.75) is 244 Å². The van der Waals surface area contributed by atoms with Gasteiger partial charge < -0.3 is 28.8 Å². The number of quaternary nitrogens is 1. The molecule has 0 spiro atoms. The minimum atomic E-state index is -4.60. The largest absolute Gasteiger partial charge is 0.756 e. The second kappa shape index (κ2) is 51.3. The van der Waals surface area contributed by atoms with E-state index in [2.05, 4.69) is 104 Å². The van der Waals surface area contributed by atoms with E-state index in [1.165, 1.54) is 128 Å².